The molecule has 4 nitrogen and oxygen atoms in total. The highest BCUT2D eigenvalue weighted by Crippen LogP contribution is 2.37. The zero-order valence-corrected chi connectivity index (χ0v) is 16.6. The Labute approximate surface area is 169 Å². The summed E-state index contributed by atoms with van der Waals surface area (Å²) in [6.07, 6.45) is 1.33. The van der Waals surface area contributed by atoms with Crippen LogP contribution in [0, 0.1) is 0 Å². The molecule has 142 valence electrons. The zero-order valence-electron chi connectivity index (χ0n) is 15.1. The molecule has 0 N–H and O–H groups in total. The van der Waals surface area contributed by atoms with Gasteiger partial charge in [0.25, 0.3) is 0 Å². The van der Waals surface area contributed by atoms with Crippen molar-refractivity contribution in [2.24, 2.45) is 0 Å². The van der Waals surface area contributed by atoms with Crippen LogP contribution in [0.4, 0.5) is 0 Å². The third-order valence-electron chi connectivity index (χ3n) is 5.21. The molecule has 0 atom stereocenters. The largest absolute Gasteiger partial charge is 0.468 e. The van der Waals surface area contributed by atoms with Gasteiger partial charge in [0.2, 0.25) is 5.91 Å². The molecule has 0 radical (unpaired) electrons. The Hall–Kier alpha value is -2.04. The van der Waals surface area contributed by atoms with Crippen molar-refractivity contribution in [3.63, 3.8) is 0 Å². The number of rotatable bonds is 4. The molecule has 2 aromatic carbocycles. The Morgan fingerprint density at radius 2 is 1.70 bits per heavy atom. The standard InChI is InChI=1S/C21H21Cl2NO3/c1-27-20(26)21(16-5-3-2-4-6-16)9-11-24(12-10-21)19(25)14-15-7-8-17(22)18(23)13-15/h2-8,13H,9-12,14H2,1H3. The van der Waals surface area contributed by atoms with E-state index in [0.29, 0.717) is 36.0 Å². The molecule has 3 rings (SSSR count). The third-order valence-corrected chi connectivity index (χ3v) is 5.95. The normalized spacial score (nSPS) is 16.0. The van der Waals surface area contributed by atoms with Gasteiger partial charge in [-0.25, -0.2) is 0 Å². The maximum absolute atomic E-state index is 12.7. The summed E-state index contributed by atoms with van der Waals surface area (Å²) in [6.45, 7) is 1.01. The van der Waals surface area contributed by atoms with E-state index in [9.17, 15) is 9.59 Å². The van der Waals surface area contributed by atoms with Crippen LogP contribution in [-0.4, -0.2) is 37.0 Å². The molecule has 1 aliphatic heterocycles. The Morgan fingerprint density at radius 1 is 1.04 bits per heavy atom. The van der Waals surface area contributed by atoms with E-state index in [4.69, 9.17) is 27.9 Å². The number of amides is 1. The summed E-state index contributed by atoms with van der Waals surface area (Å²) in [6, 6.07) is 14.9. The molecule has 1 saturated heterocycles. The average molecular weight is 406 g/mol. The van der Waals surface area contributed by atoms with E-state index in [1.807, 2.05) is 30.3 Å². The quantitative estimate of drug-likeness (QED) is 0.713. The van der Waals surface area contributed by atoms with Gasteiger partial charge in [0, 0.05) is 13.1 Å². The van der Waals surface area contributed by atoms with E-state index in [1.165, 1.54) is 7.11 Å². The van der Waals surface area contributed by atoms with Crippen molar-refractivity contribution in [3.8, 4) is 0 Å². The molecular weight excluding hydrogens is 385 g/mol. The summed E-state index contributed by atoms with van der Waals surface area (Å²) in [5.41, 5.74) is 1.06. The summed E-state index contributed by atoms with van der Waals surface area (Å²) in [4.78, 5) is 27.1. The van der Waals surface area contributed by atoms with Crippen LogP contribution in [0.5, 0.6) is 0 Å². The van der Waals surface area contributed by atoms with Gasteiger partial charge < -0.3 is 9.64 Å². The van der Waals surface area contributed by atoms with Crippen LogP contribution in [0.25, 0.3) is 0 Å². The van der Waals surface area contributed by atoms with Crippen molar-refractivity contribution in [3.05, 3.63) is 69.7 Å². The summed E-state index contributed by atoms with van der Waals surface area (Å²) < 4.78 is 5.09. The van der Waals surface area contributed by atoms with Crippen LogP contribution in [0.2, 0.25) is 10.0 Å². The summed E-state index contributed by atoms with van der Waals surface area (Å²) in [7, 11) is 1.41. The number of nitrogens with zero attached hydrogens (tertiary/aromatic N) is 1. The number of piperidine rings is 1. The number of ether oxygens (including phenoxy) is 1. The monoisotopic (exact) mass is 405 g/mol. The van der Waals surface area contributed by atoms with Gasteiger partial charge in [-0.3, -0.25) is 9.59 Å². The van der Waals surface area contributed by atoms with Crippen molar-refractivity contribution in [1.29, 1.82) is 0 Å². The van der Waals surface area contributed by atoms with Gasteiger partial charge >= 0.3 is 5.97 Å². The molecule has 27 heavy (non-hydrogen) atoms. The molecular formula is C21H21Cl2NO3. The molecule has 0 bridgehead atoms. The highest BCUT2D eigenvalue weighted by Gasteiger charge is 2.44. The van der Waals surface area contributed by atoms with E-state index >= 15 is 0 Å². The summed E-state index contributed by atoms with van der Waals surface area (Å²) in [5.74, 6) is -0.231. The number of hydrogen-bond acceptors (Lipinski definition) is 3. The first-order valence-electron chi connectivity index (χ1n) is 8.82. The Kier molecular flexibility index (Phi) is 6.08. The molecule has 0 saturated carbocycles. The summed E-state index contributed by atoms with van der Waals surface area (Å²) in [5, 5.41) is 0.908. The Morgan fingerprint density at radius 3 is 2.30 bits per heavy atom. The second kappa shape index (κ2) is 8.32. The van der Waals surface area contributed by atoms with Gasteiger partial charge in [0.15, 0.2) is 0 Å². The highest BCUT2D eigenvalue weighted by molar-refractivity contribution is 6.42. The third kappa shape index (κ3) is 4.12. The first kappa shape index (κ1) is 19.7. The minimum atomic E-state index is -0.698. The second-order valence-corrected chi connectivity index (χ2v) is 7.56. The molecule has 1 heterocycles. The number of esters is 1. The molecule has 1 aliphatic rings. The van der Waals surface area contributed by atoms with Crippen molar-refractivity contribution < 1.29 is 14.3 Å². The van der Waals surface area contributed by atoms with Crippen molar-refractivity contribution in [2.45, 2.75) is 24.7 Å². The Balaban J connectivity index is 1.71. The molecule has 0 aromatic heterocycles. The molecule has 1 fully saturated rings. The van der Waals surface area contributed by atoms with Crippen molar-refractivity contribution >= 4 is 35.1 Å². The number of benzene rings is 2. The van der Waals surface area contributed by atoms with Gasteiger partial charge in [-0.15, -0.1) is 0 Å². The molecule has 2 aromatic rings. The first-order chi connectivity index (χ1) is 13.0. The van der Waals surface area contributed by atoms with Crippen LogP contribution in [0.3, 0.4) is 0 Å². The molecule has 6 heteroatoms. The van der Waals surface area contributed by atoms with Gasteiger partial charge in [-0.1, -0.05) is 59.6 Å². The van der Waals surface area contributed by atoms with E-state index < -0.39 is 5.41 Å². The molecule has 0 spiro atoms. The van der Waals surface area contributed by atoms with Crippen LogP contribution in [0.15, 0.2) is 48.5 Å². The molecule has 1 amide bonds. The predicted octanol–water partition coefficient (Wildman–Crippen LogP) is 4.27. The Bertz CT molecular complexity index is 831. The van der Waals surface area contributed by atoms with Crippen molar-refractivity contribution in [2.75, 3.05) is 20.2 Å². The second-order valence-electron chi connectivity index (χ2n) is 6.75. The lowest BCUT2D eigenvalue weighted by molar-refractivity contribution is -0.151. The smallest absolute Gasteiger partial charge is 0.316 e. The van der Waals surface area contributed by atoms with Crippen LogP contribution in [0.1, 0.15) is 24.0 Å². The number of carbonyl (C=O) groups excluding carboxylic acids is 2. The predicted molar refractivity (Wildman–Crippen MR) is 106 cm³/mol. The lowest BCUT2D eigenvalue weighted by atomic mass is 9.72. The number of halogens is 2. The van der Waals surface area contributed by atoms with Gasteiger partial charge in [0.05, 0.1) is 29.0 Å². The van der Waals surface area contributed by atoms with E-state index in [1.54, 1.807) is 23.1 Å². The fraction of sp³-hybridized carbons (Fsp3) is 0.333. The fourth-order valence-corrected chi connectivity index (χ4v) is 3.96. The van der Waals surface area contributed by atoms with Crippen molar-refractivity contribution in [1.82, 2.24) is 4.90 Å². The van der Waals surface area contributed by atoms with Gasteiger partial charge in [-0.2, -0.15) is 0 Å². The van der Waals surface area contributed by atoms with Gasteiger partial charge in [-0.05, 0) is 36.1 Å². The highest BCUT2D eigenvalue weighted by atomic mass is 35.5. The minimum absolute atomic E-state index is 0.0138. The van der Waals surface area contributed by atoms with E-state index in [0.717, 1.165) is 11.1 Å². The van der Waals surface area contributed by atoms with Crippen LogP contribution < -0.4 is 0 Å². The van der Waals surface area contributed by atoms with E-state index in [2.05, 4.69) is 0 Å². The lowest BCUT2D eigenvalue weighted by Crippen LogP contribution is -2.49. The molecule has 0 unspecified atom stereocenters. The average Bonchev–Trinajstić information content (AvgIpc) is 2.70. The maximum atomic E-state index is 12.7. The SMILES string of the molecule is COC(=O)C1(c2ccccc2)CCN(C(=O)Cc2ccc(Cl)c(Cl)c2)CC1. The number of carbonyl (C=O) groups is 2. The zero-order chi connectivity index (χ0) is 19.4. The number of likely N-dealkylation sites (tertiary alicyclic amines) is 1. The summed E-state index contributed by atoms with van der Waals surface area (Å²) >= 11 is 12.0. The first-order valence-corrected chi connectivity index (χ1v) is 9.57. The van der Waals surface area contributed by atoms with Crippen LogP contribution in [-0.2, 0) is 26.2 Å². The maximum Gasteiger partial charge on any atom is 0.316 e. The molecule has 0 aliphatic carbocycles. The lowest BCUT2D eigenvalue weighted by Gasteiger charge is -2.40. The van der Waals surface area contributed by atoms with Gasteiger partial charge in [0.1, 0.15) is 0 Å². The number of methoxy groups -OCH3 is 1. The topological polar surface area (TPSA) is 46.6 Å². The fourth-order valence-electron chi connectivity index (χ4n) is 3.64. The number of hydrogen-bond donors (Lipinski definition) is 0. The minimum Gasteiger partial charge on any atom is -0.468 e. The van der Waals surface area contributed by atoms with E-state index in [-0.39, 0.29) is 18.3 Å². The van der Waals surface area contributed by atoms with Crippen LogP contribution >= 0.6 is 23.2 Å².